The molecule has 8 heteroatoms. The van der Waals surface area contributed by atoms with Gasteiger partial charge in [-0.15, -0.1) is 0 Å². The normalized spacial score (nSPS) is 17.3. The first kappa shape index (κ1) is 17.9. The number of amides is 2. The molecule has 2 aromatic rings. The minimum absolute atomic E-state index is 0.0830. The standard InChI is InChI=1S/C18H23N5O3/c1-11(2)13-9-14(22-18(19)21-13)16(24)20-12-5-3-7-23(10-12)17(25)15-6-4-8-26-15/h4,6,8-9,11-12H,3,5,7,10H2,1-2H3,(H,20,24)(H2,19,21,22)/t12-/m0/s1. The quantitative estimate of drug-likeness (QED) is 0.862. The van der Waals surface area contributed by atoms with Crippen LogP contribution in [0, 0.1) is 0 Å². The number of hydrogen-bond donors (Lipinski definition) is 2. The van der Waals surface area contributed by atoms with Gasteiger partial charge in [-0.1, -0.05) is 13.8 Å². The van der Waals surface area contributed by atoms with Gasteiger partial charge in [-0.25, -0.2) is 9.97 Å². The summed E-state index contributed by atoms with van der Waals surface area (Å²) in [6, 6.07) is 4.84. The molecule has 2 amide bonds. The molecule has 3 rings (SSSR count). The van der Waals surface area contributed by atoms with E-state index >= 15 is 0 Å². The Labute approximate surface area is 151 Å². The van der Waals surface area contributed by atoms with E-state index in [0.29, 0.717) is 18.8 Å². The molecule has 0 bridgehead atoms. The summed E-state index contributed by atoms with van der Waals surface area (Å²) in [5.41, 5.74) is 6.69. The molecule has 0 saturated carbocycles. The number of nitrogens with two attached hydrogens (primary N) is 1. The molecule has 3 N–H and O–H groups in total. The summed E-state index contributed by atoms with van der Waals surface area (Å²) < 4.78 is 5.17. The Morgan fingerprint density at radius 1 is 1.38 bits per heavy atom. The molecule has 0 aromatic carbocycles. The fraction of sp³-hybridized carbons (Fsp3) is 0.444. The van der Waals surface area contributed by atoms with Crippen LogP contribution in [0.3, 0.4) is 0 Å². The Morgan fingerprint density at radius 2 is 2.19 bits per heavy atom. The molecule has 0 aliphatic carbocycles. The smallest absolute Gasteiger partial charge is 0.289 e. The number of hydrogen-bond acceptors (Lipinski definition) is 6. The molecule has 0 radical (unpaired) electrons. The molecule has 8 nitrogen and oxygen atoms in total. The molecule has 138 valence electrons. The second-order valence-electron chi connectivity index (χ2n) is 6.73. The van der Waals surface area contributed by atoms with E-state index in [9.17, 15) is 9.59 Å². The van der Waals surface area contributed by atoms with E-state index in [1.807, 2.05) is 13.8 Å². The summed E-state index contributed by atoms with van der Waals surface area (Å²) in [5.74, 6) is 0.0605. The predicted molar refractivity (Wildman–Crippen MR) is 95.6 cm³/mol. The maximum Gasteiger partial charge on any atom is 0.289 e. The first-order valence-electron chi connectivity index (χ1n) is 8.72. The van der Waals surface area contributed by atoms with Crippen LogP contribution in [0.1, 0.15) is 59.3 Å². The highest BCUT2D eigenvalue weighted by Gasteiger charge is 2.27. The maximum atomic E-state index is 12.6. The number of piperidine rings is 1. The molecular formula is C18H23N5O3. The second kappa shape index (κ2) is 7.55. The number of furan rings is 1. The van der Waals surface area contributed by atoms with Crippen molar-refractivity contribution in [2.75, 3.05) is 18.8 Å². The average Bonchev–Trinajstić information content (AvgIpc) is 3.15. The van der Waals surface area contributed by atoms with E-state index in [1.54, 1.807) is 23.1 Å². The largest absolute Gasteiger partial charge is 0.459 e. The summed E-state index contributed by atoms with van der Waals surface area (Å²) in [7, 11) is 0. The van der Waals surface area contributed by atoms with Gasteiger partial charge in [-0.2, -0.15) is 0 Å². The summed E-state index contributed by atoms with van der Waals surface area (Å²) in [6.07, 6.45) is 3.08. The lowest BCUT2D eigenvalue weighted by Crippen LogP contribution is -2.49. The molecule has 2 aromatic heterocycles. The van der Waals surface area contributed by atoms with Gasteiger partial charge in [-0.3, -0.25) is 9.59 Å². The van der Waals surface area contributed by atoms with Crippen molar-refractivity contribution in [3.63, 3.8) is 0 Å². The minimum Gasteiger partial charge on any atom is -0.459 e. The van der Waals surface area contributed by atoms with Crippen molar-refractivity contribution in [2.45, 2.75) is 38.6 Å². The van der Waals surface area contributed by atoms with E-state index in [4.69, 9.17) is 10.2 Å². The number of anilines is 1. The van der Waals surface area contributed by atoms with Crippen molar-refractivity contribution >= 4 is 17.8 Å². The van der Waals surface area contributed by atoms with Crippen LogP contribution < -0.4 is 11.1 Å². The van der Waals surface area contributed by atoms with Crippen LogP contribution in [0.2, 0.25) is 0 Å². The van der Waals surface area contributed by atoms with Gasteiger partial charge < -0.3 is 20.4 Å². The number of rotatable bonds is 4. The Morgan fingerprint density at radius 3 is 2.88 bits per heavy atom. The molecule has 1 aliphatic heterocycles. The maximum absolute atomic E-state index is 12.6. The first-order valence-corrected chi connectivity index (χ1v) is 8.72. The molecule has 1 aliphatic rings. The van der Waals surface area contributed by atoms with E-state index in [2.05, 4.69) is 15.3 Å². The number of aromatic nitrogens is 2. The number of nitrogens with zero attached hydrogens (tertiary/aromatic N) is 3. The molecule has 1 saturated heterocycles. The van der Waals surface area contributed by atoms with Gasteiger partial charge in [-0.05, 0) is 37.0 Å². The van der Waals surface area contributed by atoms with E-state index in [-0.39, 0.29) is 35.4 Å². The zero-order valence-corrected chi connectivity index (χ0v) is 14.9. The topological polar surface area (TPSA) is 114 Å². The Bertz CT molecular complexity index is 788. The van der Waals surface area contributed by atoms with Crippen molar-refractivity contribution < 1.29 is 14.0 Å². The lowest BCUT2D eigenvalue weighted by Gasteiger charge is -2.32. The van der Waals surface area contributed by atoms with Crippen LogP contribution in [0.15, 0.2) is 28.9 Å². The van der Waals surface area contributed by atoms with Crippen molar-refractivity contribution in [1.29, 1.82) is 0 Å². The van der Waals surface area contributed by atoms with Crippen molar-refractivity contribution in [3.8, 4) is 0 Å². The van der Waals surface area contributed by atoms with Crippen LogP contribution in [-0.2, 0) is 0 Å². The van der Waals surface area contributed by atoms with E-state index < -0.39 is 0 Å². The molecule has 0 spiro atoms. The third kappa shape index (κ3) is 4.01. The van der Waals surface area contributed by atoms with Crippen molar-refractivity contribution in [3.05, 3.63) is 41.6 Å². The van der Waals surface area contributed by atoms with Gasteiger partial charge >= 0.3 is 0 Å². The van der Waals surface area contributed by atoms with Gasteiger partial charge in [0.1, 0.15) is 5.69 Å². The van der Waals surface area contributed by atoms with Crippen molar-refractivity contribution in [1.82, 2.24) is 20.2 Å². The molecular weight excluding hydrogens is 334 g/mol. The molecule has 26 heavy (non-hydrogen) atoms. The third-order valence-electron chi connectivity index (χ3n) is 4.36. The highest BCUT2D eigenvalue weighted by molar-refractivity contribution is 5.93. The summed E-state index contributed by atoms with van der Waals surface area (Å²) >= 11 is 0. The van der Waals surface area contributed by atoms with Crippen LogP contribution >= 0.6 is 0 Å². The number of nitrogens with one attached hydrogen (secondary N) is 1. The first-order chi connectivity index (χ1) is 12.4. The number of carbonyl (C=O) groups is 2. The zero-order chi connectivity index (χ0) is 18.7. The Hall–Kier alpha value is -2.90. The SMILES string of the molecule is CC(C)c1cc(C(=O)N[C@H]2CCCN(C(=O)c3ccco3)C2)nc(N)n1. The molecule has 1 fully saturated rings. The van der Waals surface area contributed by atoms with Gasteiger partial charge in [0, 0.05) is 24.8 Å². The number of nitrogen functional groups attached to an aromatic ring is 1. The molecule has 0 unspecified atom stereocenters. The fourth-order valence-electron chi connectivity index (χ4n) is 2.99. The Kier molecular flexibility index (Phi) is 5.20. The van der Waals surface area contributed by atoms with Crippen LogP contribution in [0.4, 0.5) is 5.95 Å². The van der Waals surface area contributed by atoms with Gasteiger partial charge in [0.25, 0.3) is 11.8 Å². The summed E-state index contributed by atoms with van der Waals surface area (Å²) in [6.45, 7) is 5.03. The lowest BCUT2D eigenvalue weighted by atomic mass is 10.0. The third-order valence-corrected chi connectivity index (χ3v) is 4.36. The van der Waals surface area contributed by atoms with Crippen LogP contribution in [0.5, 0.6) is 0 Å². The Balaban J connectivity index is 1.67. The van der Waals surface area contributed by atoms with Crippen molar-refractivity contribution in [2.24, 2.45) is 0 Å². The van der Waals surface area contributed by atoms with Gasteiger partial charge in [0.05, 0.1) is 6.26 Å². The van der Waals surface area contributed by atoms with Gasteiger partial charge in [0.2, 0.25) is 5.95 Å². The zero-order valence-electron chi connectivity index (χ0n) is 14.9. The van der Waals surface area contributed by atoms with Crippen LogP contribution in [-0.4, -0.2) is 45.8 Å². The van der Waals surface area contributed by atoms with E-state index in [0.717, 1.165) is 18.5 Å². The summed E-state index contributed by atoms with van der Waals surface area (Å²) in [4.78, 5) is 34.9. The highest BCUT2D eigenvalue weighted by Crippen LogP contribution is 2.16. The van der Waals surface area contributed by atoms with E-state index in [1.165, 1.54) is 6.26 Å². The number of carbonyl (C=O) groups excluding carboxylic acids is 2. The minimum atomic E-state index is -0.307. The highest BCUT2D eigenvalue weighted by atomic mass is 16.3. The number of likely N-dealkylation sites (tertiary alicyclic amines) is 1. The van der Waals surface area contributed by atoms with Crippen LogP contribution in [0.25, 0.3) is 0 Å². The molecule has 3 heterocycles. The second-order valence-corrected chi connectivity index (χ2v) is 6.73. The predicted octanol–water partition coefficient (Wildman–Crippen LogP) is 1.81. The fourth-order valence-corrected chi connectivity index (χ4v) is 2.99. The monoisotopic (exact) mass is 357 g/mol. The van der Waals surface area contributed by atoms with Gasteiger partial charge in [0.15, 0.2) is 5.76 Å². The lowest BCUT2D eigenvalue weighted by molar-refractivity contribution is 0.0646. The molecule has 1 atom stereocenters. The summed E-state index contributed by atoms with van der Waals surface area (Å²) in [5, 5.41) is 2.95. The average molecular weight is 357 g/mol.